The zero-order valence-corrected chi connectivity index (χ0v) is 11.8. The van der Waals surface area contributed by atoms with Gasteiger partial charge in [-0.25, -0.2) is 0 Å². The minimum atomic E-state index is -0.201. The third-order valence-electron chi connectivity index (χ3n) is 3.76. The summed E-state index contributed by atoms with van der Waals surface area (Å²) in [7, 11) is 2.23. The minimum Gasteiger partial charge on any atom is -0.452 e. The minimum absolute atomic E-state index is 0.118. The Hall–Kier alpha value is -1.39. The molecule has 1 aromatic rings. The standard InChI is InChI=1S/C15H22N2O2/c1-13(18)19-15(14-6-4-3-5-7-14)12-17-10-8-16(2)9-11-17/h3-7,15H,8-12H2,1-2H3/p+2/t15-/m1/s1. The number of carbonyl (C=O) groups excluding carboxylic acids is 1. The number of hydrogen-bond donors (Lipinski definition) is 2. The van der Waals surface area contributed by atoms with Crippen molar-refractivity contribution in [2.45, 2.75) is 13.0 Å². The van der Waals surface area contributed by atoms with Crippen LogP contribution in [0.5, 0.6) is 0 Å². The van der Waals surface area contributed by atoms with Gasteiger partial charge < -0.3 is 14.5 Å². The third kappa shape index (κ3) is 4.33. The van der Waals surface area contributed by atoms with Gasteiger partial charge in [-0.15, -0.1) is 0 Å². The van der Waals surface area contributed by atoms with Crippen molar-refractivity contribution in [2.24, 2.45) is 0 Å². The molecular formula is C15H24N2O2+2. The lowest BCUT2D eigenvalue weighted by Crippen LogP contribution is -3.27. The molecule has 1 heterocycles. The highest BCUT2D eigenvalue weighted by Crippen LogP contribution is 2.15. The largest absolute Gasteiger partial charge is 0.452 e. The fourth-order valence-electron chi connectivity index (χ4n) is 2.59. The quantitative estimate of drug-likeness (QED) is 0.663. The number of ether oxygens (including phenoxy) is 1. The summed E-state index contributed by atoms with van der Waals surface area (Å²) >= 11 is 0. The number of rotatable bonds is 4. The summed E-state index contributed by atoms with van der Waals surface area (Å²) in [4.78, 5) is 14.4. The maximum Gasteiger partial charge on any atom is 0.303 e. The van der Waals surface area contributed by atoms with Gasteiger partial charge in [0.15, 0.2) is 6.10 Å². The Morgan fingerprint density at radius 1 is 1.21 bits per heavy atom. The highest BCUT2D eigenvalue weighted by atomic mass is 16.5. The number of benzene rings is 1. The fraction of sp³-hybridized carbons (Fsp3) is 0.533. The molecule has 0 spiro atoms. The Bertz CT molecular complexity index is 400. The van der Waals surface area contributed by atoms with Gasteiger partial charge >= 0.3 is 5.97 Å². The van der Waals surface area contributed by atoms with Crippen LogP contribution in [0.1, 0.15) is 18.6 Å². The van der Waals surface area contributed by atoms with Gasteiger partial charge in [-0.3, -0.25) is 4.79 Å². The molecule has 0 bridgehead atoms. The van der Waals surface area contributed by atoms with Crippen LogP contribution in [-0.4, -0.2) is 45.7 Å². The van der Waals surface area contributed by atoms with Crippen molar-refractivity contribution in [1.29, 1.82) is 0 Å². The maximum atomic E-state index is 11.3. The molecule has 4 nitrogen and oxygen atoms in total. The van der Waals surface area contributed by atoms with Crippen LogP contribution in [0.4, 0.5) is 0 Å². The number of carbonyl (C=O) groups is 1. The van der Waals surface area contributed by atoms with Crippen LogP contribution in [0, 0.1) is 0 Å². The summed E-state index contributed by atoms with van der Waals surface area (Å²) in [6, 6.07) is 10.0. The Morgan fingerprint density at radius 3 is 2.42 bits per heavy atom. The lowest BCUT2D eigenvalue weighted by atomic mass is 10.1. The first-order valence-electron chi connectivity index (χ1n) is 7.02. The van der Waals surface area contributed by atoms with Crippen LogP contribution in [-0.2, 0) is 9.53 Å². The highest BCUT2D eigenvalue weighted by Gasteiger charge is 2.26. The lowest BCUT2D eigenvalue weighted by molar-refractivity contribution is -1.00. The molecule has 1 aliphatic heterocycles. The van der Waals surface area contributed by atoms with Gasteiger partial charge in [-0.1, -0.05) is 30.3 Å². The summed E-state index contributed by atoms with van der Waals surface area (Å²) in [5.74, 6) is -0.201. The van der Waals surface area contributed by atoms with Gasteiger partial charge in [0, 0.05) is 6.92 Å². The first-order chi connectivity index (χ1) is 9.15. The predicted molar refractivity (Wildman–Crippen MR) is 73.1 cm³/mol. The molecule has 0 aromatic heterocycles. The molecule has 1 atom stereocenters. The molecule has 1 aliphatic rings. The van der Waals surface area contributed by atoms with Gasteiger partial charge in [0.25, 0.3) is 0 Å². The van der Waals surface area contributed by atoms with E-state index in [1.54, 1.807) is 4.90 Å². The summed E-state index contributed by atoms with van der Waals surface area (Å²) in [5.41, 5.74) is 1.09. The van der Waals surface area contributed by atoms with Crippen molar-refractivity contribution in [3.05, 3.63) is 35.9 Å². The summed E-state index contributed by atoms with van der Waals surface area (Å²) < 4.78 is 5.50. The van der Waals surface area contributed by atoms with Crippen molar-refractivity contribution >= 4 is 5.97 Å². The Labute approximate surface area is 115 Å². The molecule has 0 unspecified atom stereocenters. The van der Waals surface area contributed by atoms with Crippen LogP contribution < -0.4 is 9.80 Å². The highest BCUT2D eigenvalue weighted by molar-refractivity contribution is 5.66. The average Bonchev–Trinajstić information content (AvgIpc) is 2.41. The van der Waals surface area contributed by atoms with Gasteiger partial charge in [0.2, 0.25) is 0 Å². The second kappa shape index (κ2) is 6.68. The second-order valence-corrected chi connectivity index (χ2v) is 5.42. The van der Waals surface area contributed by atoms with E-state index in [2.05, 4.69) is 7.05 Å². The number of hydrogen-bond acceptors (Lipinski definition) is 2. The molecule has 0 radical (unpaired) electrons. The van der Waals surface area contributed by atoms with Crippen molar-refractivity contribution in [3.8, 4) is 0 Å². The van der Waals surface area contributed by atoms with Crippen molar-refractivity contribution < 1.29 is 19.3 Å². The monoisotopic (exact) mass is 264 g/mol. The van der Waals surface area contributed by atoms with Crippen molar-refractivity contribution in [1.82, 2.24) is 0 Å². The van der Waals surface area contributed by atoms with E-state index in [1.807, 2.05) is 30.3 Å². The molecule has 19 heavy (non-hydrogen) atoms. The van der Waals surface area contributed by atoms with Crippen molar-refractivity contribution in [2.75, 3.05) is 39.8 Å². The maximum absolute atomic E-state index is 11.3. The number of likely N-dealkylation sites (N-methyl/N-ethyl adjacent to an activating group) is 1. The molecule has 2 N–H and O–H groups in total. The number of quaternary nitrogens is 2. The fourth-order valence-corrected chi connectivity index (χ4v) is 2.59. The molecule has 4 heteroatoms. The third-order valence-corrected chi connectivity index (χ3v) is 3.76. The van der Waals surface area contributed by atoms with Crippen LogP contribution >= 0.6 is 0 Å². The molecule has 1 aromatic carbocycles. The topological polar surface area (TPSA) is 35.2 Å². The molecular weight excluding hydrogens is 240 g/mol. The van der Waals surface area contributed by atoms with E-state index in [-0.39, 0.29) is 12.1 Å². The van der Waals surface area contributed by atoms with Crippen LogP contribution in [0.25, 0.3) is 0 Å². The lowest BCUT2D eigenvalue weighted by Gasteiger charge is -2.29. The van der Waals surface area contributed by atoms with E-state index in [4.69, 9.17) is 4.74 Å². The van der Waals surface area contributed by atoms with E-state index < -0.39 is 0 Å². The van der Waals surface area contributed by atoms with E-state index in [0.717, 1.165) is 25.2 Å². The Kier molecular flexibility index (Phi) is 4.93. The van der Waals surface area contributed by atoms with E-state index in [1.165, 1.54) is 24.9 Å². The second-order valence-electron chi connectivity index (χ2n) is 5.42. The van der Waals surface area contributed by atoms with Gasteiger partial charge in [-0.05, 0) is 5.56 Å². The van der Waals surface area contributed by atoms with Gasteiger partial charge in [-0.2, -0.15) is 0 Å². The van der Waals surface area contributed by atoms with Crippen molar-refractivity contribution in [3.63, 3.8) is 0 Å². The zero-order valence-electron chi connectivity index (χ0n) is 11.8. The van der Waals surface area contributed by atoms with E-state index in [9.17, 15) is 4.79 Å². The molecule has 2 rings (SSSR count). The van der Waals surface area contributed by atoms with Crippen LogP contribution in [0.15, 0.2) is 30.3 Å². The first-order valence-corrected chi connectivity index (χ1v) is 7.02. The number of esters is 1. The van der Waals surface area contributed by atoms with Crippen LogP contribution in [0.2, 0.25) is 0 Å². The van der Waals surface area contributed by atoms with Gasteiger partial charge in [0.05, 0.1) is 7.05 Å². The summed E-state index contributed by atoms with van der Waals surface area (Å²) in [5, 5.41) is 0. The van der Waals surface area contributed by atoms with E-state index >= 15 is 0 Å². The average molecular weight is 264 g/mol. The molecule has 1 saturated heterocycles. The summed E-state index contributed by atoms with van der Waals surface area (Å²) in [6.45, 7) is 7.04. The van der Waals surface area contributed by atoms with E-state index in [0.29, 0.717) is 0 Å². The smallest absolute Gasteiger partial charge is 0.303 e. The normalized spacial score (nSPS) is 24.7. The molecule has 0 aliphatic carbocycles. The summed E-state index contributed by atoms with van der Waals surface area (Å²) in [6.07, 6.45) is -0.118. The molecule has 1 fully saturated rings. The Morgan fingerprint density at radius 2 is 1.84 bits per heavy atom. The SMILES string of the molecule is CC(=O)O[C@H](C[NH+]1CC[NH+](C)CC1)c1ccccc1. The number of nitrogens with one attached hydrogen (secondary N) is 2. The van der Waals surface area contributed by atoms with Gasteiger partial charge in [0.1, 0.15) is 32.7 Å². The molecule has 0 saturated carbocycles. The first kappa shape index (κ1) is 14.0. The zero-order chi connectivity index (χ0) is 13.7. The Balaban J connectivity index is 2.00. The molecule has 104 valence electrons. The predicted octanol–water partition coefficient (Wildman–Crippen LogP) is -1.30. The number of piperazine rings is 1. The molecule has 0 amide bonds. The van der Waals surface area contributed by atoms with Crippen LogP contribution in [0.3, 0.4) is 0 Å².